The summed E-state index contributed by atoms with van der Waals surface area (Å²) in [6.45, 7) is 0.294. The highest BCUT2D eigenvalue weighted by Gasteiger charge is 2.31. The Labute approximate surface area is 119 Å². The van der Waals surface area contributed by atoms with Crippen LogP contribution < -0.4 is 15.5 Å². The molecule has 1 aliphatic carbocycles. The minimum atomic E-state index is -0.732. The molecule has 0 atom stereocenters. The molecule has 0 aromatic carbocycles. The molecule has 1 saturated carbocycles. The maximum atomic E-state index is 11.8. The van der Waals surface area contributed by atoms with E-state index >= 15 is 0 Å². The highest BCUT2D eigenvalue weighted by atomic mass is 16.3. The molecule has 2 amide bonds. The molecule has 1 aromatic heterocycles. The number of carbonyl (C=O) groups excluding carboxylic acids is 1. The lowest BCUT2D eigenvalue weighted by molar-refractivity contribution is 0.0506. The summed E-state index contributed by atoms with van der Waals surface area (Å²) < 4.78 is 0. The van der Waals surface area contributed by atoms with Gasteiger partial charge >= 0.3 is 6.03 Å². The highest BCUT2D eigenvalue weighted by Crippen LogP contribution is 2.28. The number of hydrogen-bond acceptors (Lipinski definition) is 4. The van der Waals surface area contributed by atoms with Crippen LogP contribution in [0.5, 0.6) is 0 Å². The van der Waals surface area contributed by atoms with Crippen molar-refractivity contribution in [1.82, 2.24) is 10.3 Å². The Kier molecular flexibility index (Phi) is 4.44. The van der Waals surface area contributed by atoms with E-state index in [2.05, 4.69) is 15.6 Å². The Morgan fingerprint density at radius 1 is 1.40 bits per heavy atom. The molecule has 3 N–H and O–H groups in total. The van der Waals surface area contributed by atoms with Gasteiger partial charge in [0, 0.05) is 20.6 Å². The Balaban J connectivity index is 1.82. The molecule has 1 aromatic rings. The van der Waals surface area contributed by atoms with Crippen molar-refractivity contribution in [2.75, 3.05) is 30.9 Å². The van der Waals surface area contributed by atoms with Crippen molar-refractivity contribution in [2.24, 2.45) is 0 Å². The minimum absolute atomic E-state index is 0.294. The Hall–Kier alpha value is -1.82. The average Bonchev–Trinajstić information content (AvgIpc) is 2.85. The van der Waals surface area contributed by atoms with Gasteiger partial charge in [0.2, 0.25) is 0 Å². The lowest BCUT2D eigenvalue weighted by Crippen LogP contribution is -2.42. The second-order valence-corrected chi connectivity index (χ2v) is 5.54. The number of urea groups is 1. The molecule has 2 rings (SSSR count). The largest absolute Gasteiger partial charge is 0.388 e. The lowest BCUT2D eigenvalue weighted by Gasteiger charge is -2.22. The quantitative estimate of drug-likeness (QED) is 0.781. The van der Waals surface area contributed by atoms with Crippen molar-refractivity contribution in [3.05, 3.63) is 18.3 Å². The molecule has 0 radical (unpaired) electrons. The molecular formula is C14H22N4O2. The smallest absolute Gasteiger partial charge is 0.319 e. The summed E-state index contributed by atoms with van der Waals surface area (Å²) in [6, 6.07) is 3.32. The van der Waals surface area contributed by atoms with Crippen LogP contribution in [0.2, 0.25) is 0 Å². The van der Waals surface area contributed by atoms with Gasteiger partial charge in [0.05, 0.1) is 17.5 Å². The van der Waals surface area contributed by atoms with E-state index in [1.807, 2.05) is 25.1 Å². The summed E-state index contributed by atoms with van der Waals surface area (Å²) in [5.41, 5.74) is -0.101. The van der Waals surface area contributed by atoms with Crippen LogP contribution >= 0.6 is 0 Å². The van der Waals surface area contributed by atoms with Crippen LogP contribution in [0.25, 0.3) is 0 Å². The monoisotopic (exact) mass is 278 g/mol. The van der Waals surface area contributed by atoms with Crippen LogP contribution in [0.1, 0.15) is 25.7 Å². The van der Waals surface area contributed by atoms with Crippen LogP contribution in [0, 0.1) is 0 Å². The molecule has 1 fully saturated rings. The van der Waals surface area contributed by atoms with E-state index in [1.54, 1.807) is 12.3 Å². The Morgan fingerprint density at radius 2 is 2.10 bits per heavy atom. The number of pyridine rings is 1. The molecule has 0 aliphatic heterocycles. The summed E-state index contributed by atoms with van der Waals surface area (Å²) in [7, 11) is 3.81. The molecule has 0 unspecified atom stereocenters. The fourth-order valence-electron chi connectivity index (χ4n) is 2.35. The zero-order chi connectivity index (χ0) is 14.6. The van der Waals surface area contributed by atoms with E-state index in [0.29, 0.717) is 12.2 Å². The van der Waals surface area contributed by atoms with Crippen molar-refractivity contribution < 1.29 is 9.90 Å². The summed E-state index contributed by atoms with van der Waals surface area (Å²) in [5.74, 6) is 0.830. The SMILES string of the molecule is CN(C)c1ccc(NC(=O)NCC2(O)CCCC2)cn1. The maximum absolute atomic E-state index is 11.8. The predicted molar refractivity (Wildman–Crippen MR) is 79.0 cm³/mol. The number of amides is 2. The van der Waals surface area contributed by atoms with Gasteiger partial charge in [-0.15, -0.1) is 0 Å². The first kappa shape index (κ1) is 14.6. The first-order valence-corrected chi connectivity index (χ1v) is 6.89. The third-order valence-electron chi connectivity index (χ3n) is 3.58. The third kappa shape index (κ3) is 3.84. The van der Waals surface area contributed by atoms with Gasteiger partial charge in [0.15, 0.2) is 0 Å². The van der Waals surface area contributed by atoms with E-state index in [4.69, 9.17) is 0 Å². The molecule has 0 spiro atoms. The van der Waals surface area contributed by atoms with E-state index in [0.717, 1.165) is 31.5 Å². The van der Waals surface area contributed by atoms with E-state index < -0.39 is 5.60 Å². The van der Waals surface area contributed by atoms with Crippen molar-refractivity contribution in [3.63, 3.8) is 0 Å². The second-order valence-electron chi connectivity index (χ2n) is 5.54. The first-order chi connectivity index (χ1) is 9.48. The normalized spacial score (nSPS) is 16.8. The fraction of sp³-hybridized carbons (Fsp3) is 0.571. The fourth-order valence-corrected chi connectivity index (χ4v) is 2.35. The van der Waals surface area contributed by atoms with E-state index in [-0.39, 0.29) is 6.03 Å². The van der Waals surface area contributed by atoms with Gasteiger partial charge in [-0.05, 0) is 25.0 Å². The third-order valence-corrected chi connectivity index (χ3v) is 3.58. The van der Waals surface area contributed by atoms with Crippen LogP contribution in [0.4, 0.5) is 16.3 Å². The van der Waals surface area contributed by atoms with Crippen LogP contribution in [-0.4, -0.2) is 42.4 Å². The number of carbonyl (C=O) groups is 1. The number of nitrogens with one attached hydrogen (secondary N) is 2. The number of aromatic nitrogens is 1. The number of hydrogen-bond donors (Lipinski definition) is 3. The maximum Gasteiger partial charge on any atom is 0.319 e. The Morgan fingerprint density at radius 3 is 2.65 bits per heavy atom. The second kappa shape index (κ2) is 6.09. The zero-order valence-corrected chi connectivity index (χ0v) is 12.0. The molecule has 1 heterocycles. The van der Waals surface area contributed by atoms with E-state index in [9.17, 15) is 9.90 Å². The molecule has 1 aliphatic rings. The molecular weight excluding hydrogens is 256 g/mol. The van der Waals surface area contributed by atoms with Crippen molar-refractivity contribution in [2.45, 2.75) is 31.3 Å². The van der Waals surface area contributed by atoms with Gasteiger partial charge in [-0.3, -0.25) is 0 Å². The van der Waals surface area contributed by atoms with Gasteiger partial charge in [0.1, 0.15) is 5.82 Å². The van der Waals surface area contributed by atoms with Gasteiger partial charge < -0.3 is 20.6 Å². The minimum Gasteiger partial charge on any atom is -0.388 e. The first-order valence-electron chi connectivity index (χ1n) is 6.89. The topological polar surface area (TPSA) is 77.5 Å². The van der Waals surface area contributed by atoms with Gasteiger partial charge in [-0.25, -0.2) is 9.78 Å². The number of anilines is 2. The molecule has 0 saturated heterocycles. The van der Waals surface area contributed by atoms with Crippen LogP contribution in [0.3, 0.4) is 0 Å². The van der Waals surface area contributed by atoms with Crippen LogP contribution in [0.15, 0.2) is 18.3 Å². The summed E-state index contributed by atoms with van der Waals surface area (Å²) >= 11 is 0. The molecule has 110 valence electrons. The Bertz CT molecular complexity index is 453. The molecule has 6 heteroatoms. The highest BCUT2D eigenvalue weighted by molar-refractivity contribution is 5.89. The summed E-state index contributed by atoms with van der Waals surface area (Å²) in [4.78, 5) is 17.9. The van der Waals surface area contributed by atoms with Crippen molar-refractivity contribution >= 4 is 17.5 Å². The van der Waals surface area contributed by atoms with Gasteiger partial charge in [-0.2, -0.15) is 0 Å². The molecule has 0 bridgehead atoms. The molecule has 6 nitrogen and oxygen atoms in total. The zero-order valence-electron chi connectivity index (χ0n) is 12.0. The molecule has 20 heavy (non-hydrogen) atoms. The van der Waals surface area contributed by atoms with Gasteiger partial charge in [-0.1, -0.05) is 12.8 Å². The average molecular weight is 278 g/mol. The van der Waals surface area contributed by atoms with E-state index in [1.165, 1.54) is 0 Å². The number of nitrogens with zero attached hydrogens (tertiary/aromatic N) is 2. The number of rotatable bonds is 4. The van der Waals surface area contributed by atoms with Crippen molar-refractivity contribution in [3.8, 4) is 0 Å². The summed E-state index contributed by atoms with van der Waals surface area (Å²) in [6.07, 6.45) is 5.17. The van der Waals surface area contributed by atoms with Crippen LogP contribution in [-0.2, 0) is 0 Å². The lowest BCUT2D eigenvalue weighted by atomic mass is 10.0. The summed E-state index contributed by atoms with van der Waals surface area (Å²) in [5, 5.41) is 15.6. The predicted octanol–water partition coefficient (Wildman–Crippen LogP) is 1.57. The number of aliphatic hydroxyl groups is 1. The standard InChI is InChI=1S/C14H22N4O2/c1-18(2)12-6-5-11(9-15-12)17-13(19)16-10-14(20)7-3-4-8-14/h5-6,9,20H,3-4,7-8,10H2,1-2H3,(H2,16,17,19). The van der Waals surface area contributed by atoms with Gasteiger partial charge in [0.25, 0.3) is 0 Å². The van der Waals surface area contributed by atoms with Crippen molar-refractivity contribution in [1.29, 1.82) is 0 Å².